The molecule has 0 radical (unpaired) electrons. The Hall–Kier alpha value is -3.40. The van der Waals surface area contributed by atoms with Gasteiger partial charge in [0.1, 0.15) is 22.9 Å². The zero-order chi connectivity index (χ0) is 21.5. The molecule has 0 bridgehead atoms. The Balaban J connectivity index is 1.73. The highest BCUT2D eigenvalue weighted by Gasteiger charge is 2.17. The van der Waals surface area contributed by atoms with E-state index in [4.69, 9.17) is 9.20 Å². The van der Waals surface area contributed by atoms with Crippen molar-refractivity contribution in [3.63, 3.8) is 0 Å². The van der Waals surface area contributed by atoms with Gasteiger partial charge in [-0.25, -0.2) is 27.3 Å². The summed E-state index contributed by atoms with van der Waals surface area (Å²) in [5, 5.41) is 2.96. The Kier molecular flexibility index (Phi) is 4.94. The number of furan rings is 1. The van der Waals surface area contributed by atoms with Gasteiger partial charge in [0.2, 0.25) is 5.95 Å². The summed E-state index contributed by atoms with van der Waals surface area (Å²) in [6.45, 7) is 0. The molecular formula is C20H15F3N4O2S. The van der Waals surface area contributed by atoms with Gasteiger partial charge in [0.05, 0.1) is 23.6 Å². The maximum absolute atomic E-state index is 14.4. The lowest BCUT2D eigenvalue weighted by molar-refractivity contribution is 0.605. The zero-order valence-electron chi connectivity index (χ0n) is 15.6. The molecule has 0 aliphatic heterocycles. The van der Waals surface area contributed by atoms with Gasteiger partial charge in [-0.3, -0.25) is 4.78 Å². The van der Waals surface area contributed by atoms with E-state index >= 15 is 0 Å². The molecule has 6 nitrogen and oxygen atoms in total. The number of anilines is 2. The fourth-order valence-electron chi connectivity index (χ4n) is 3.08. The fraction of sp³-hybridized carbons (Fsp3) is 0.100. The van der Waals surface area contributed by atoms with Crippen molar-refractivity contribution in [2.45, 2.75) is 5.75 Å². The van der Waals surface area contributed by atoms with Crippen molar-refractivity contribution in [1.82, 2.24) is 9.97 Å². The highest BCUT2D eigenvalue weighted by Crippen LogP contribution is 2.32. The monoisotopic (exact) mass is 432 g/mol. The molecule has 0 saturated heterocycles. The Morgan fingerprint density at radius 2 is 1.93 bits per heavy atom. The lowest BCUT2D eigenvalue weighted by Crippen LogP contribution is -2.03. The topological polar surface area (TPSA) is 91.9 Å². The van der Waals surface area contributed by atoms with Gasteiger partial charge in [0, 0.05) is 27.2 Å². The first-order chi connectivity index (χ1) is 14.2. The third-order valence-electron chi connectivity index (χ3n) is 4.22. The normalized spacial score (nSPS) is 13.3. The molecule has 0 fully saturated rings. The van der Waals surface area contributed by atoms with Gasteiger partial charge in [0.25, 0.3) is 0 Å². The Morgan fingerprint density at radius 3 is 2.70 bits per heavy atom. The van der Waals surface area contributed by atoms with Crippen LogP contribution in [0.25, 0.3) is 22.2 Å². The highest BCUT2D eigenvalue weighted by atomic mass is 32.2. The van der Waals surface area contributed by atoms with Crippen molar-refractivity contribution in [3.05, 3.63) is 71.9 Å². The molecule has 0 spiro atoms. The van der Waals surface area contributed by atoms with E-state index in [1.54, 1.807) is 0 Å². The van der Waals surface area contributed by atoms with Crippen molar-refractivity contribution in [3.8, 4) is 11.3 Å². The molecule has 2 aromatic heterocycles. The summed E-state index contributed by atoms with van der Waals surface area (Å²) in [7, 11) is -2.87. The number of rotatable bonds is 5. The van der Waals surface area contributed by atoms with Gasteiger partial charge >= 0.3 is 0 Å². The highest BCUT2D eigenvalue weighted by molar-refractivity contribution is 7.90. The van der Waals surface area contributed by atoms with Gasteiger partial charge in [-0.2, -0.15) is 0 Å². The fourth-order valence-corrected chi connectivity index (χ4v) is 3.89. The molecule has 4 aromatic rings. The largest absolute Gasteiger partial charge is 0.464 e. The van der Waals surface area contributed by atoms with E-state index in [9.17, 15) is 17.4 Å². The maximum Gasteiger partial charge on any atom is 0.227 e. The zero-order valence-corrected chi connectivity index (χ0v) is 16.4. The van der Waals surface area contributed by atoms with E-state index in [0.717, 1.165) is 6.20 Å². The molecular weight excluding hydrogens is 417 g/mol. The summed E-state index contributed by atoms with van der Waals surface area (Å²) in [4.78, 5) is 8.00. The number of fused-ring (bicyclic) bond motifs is 1. The second-order valence-electron chi connectivity index (χ2n) is 6.77. The van der Waals surface area contributed by atoms with E-state index in [1.165, 1.54) is 48.9 Å². The van der Waals surface area contributed by atoms with Crippen LogP contribution in [0.3, 0.4) is 0 Å². The quantitative estimate of drug-likeness (QED) is 0.451. The minimum atomic E-state index is -2.87. The molecule has 2 N–H and O–H groups in total. The van der Waals surface area contributed by atoms with Crippen LogP contribution in [0.1, 0.15) is 5.56 Å². The number of benzene rings is 2. The number of nitrogens with zero attached hydrogens (tertiary/aromatic N) is 2. The average molecular weight is 432 g/mol. The number of nitrogens with one attached hydrogen (secondary N) is 2. The van der Waals surface area contributed by atoms with Crippen LogP contribution >= 0.6 is 0 Å². The predicted molar refractivity (Wildman–Crippen MR) is 107 cm³/mol. The van der Waals surface area contributed by atoms with Crippen molar-refractivity contribution >= 4 is 32.3 Å². The van der Waals surface area contributed by atoms with Crippen LogP contribution < -0.4 is 5.32 Å². The molecule has 1 atom stereocenters. The first-order valence-electron chi connectivity index (χ1n) is 8.66. The summed E-state index contributed by atoms with van der Waals surface area (Å²) in [6.07, 6.45) is 3.49. The number of hydrogen-bond donors (Lipinski definition) is 2. The first-order valence-corrected chi connectivity index (χ1v) is 10.8. The van der Waals surface area contributed by atoms with Gasteiger partial charge in [-0.1, -0.05) is 0 Å². The van der Waals surface area contributed by atoms with E-state index < -0.39 is 27.2 Å². The SMILES string of the molecule is CS(=N)(=O)Cc1cc(F)cc(Nc2ncc(F)c(-c3ccc(F)c4ccoc34)n2)c1. The average Bonchev–Trinajstić information content (AvgIpc) is 3.13. The van der Waals surface area contributed by atoms with Crippen LogP contribution in [0.4, 0.5) is 24.8 Å². The van der Waals surface area contributed by atoms with E-state index in [0.29, 0.717) is 5.56 Å². The van der Waals surface area contributed by atoms with Gasteiger partial charge in [-0.15, -0.1) is 0 Å². The summed E-state index contributed by atoms with van der Waals surface area (Å²) in [5.41, 5.74) is 0.859. The van der Waals surface area contributed by atoms with Crippen LogP contribution in [0.15, 0.2) is 53.3 Å². The Morgan fingerprint density at radius 1 is 1.13 bits per heavy atom. The third kappa shape index (κ3) is 4.13. The second-order valence-corrected chi connectivity index (χ2v) is 9.07. The number of hydrogen-bond acceptors (Lipinski definition) is 6. The van der Waals surface area contributed by atoms with Crippen LogP contribution in [0.2, 0.25) is 0 Å². The summed E-state index contributed by atoms with van der Waals surface area (Å²) < 4.78 is 66.8. The molecule has 2 aromatic carbocycles. The van der Waals surface area contributed by atoms with E-state index in [1.807, 2.05) is 0 Å². The number of halogens is 3. The Bertz CT molecular complexity index is 1370. The predicted octanol–water partition coefficient (Wildman–Crippen LogP) is 5.23. The molecule has 154 valence electrons. The van der Waals surface area contributed by atoms with Crippen LogP contribution in [0.5, 0.6) is 0 Å². The van der Waals surface area contributed by atoms with Crippen molar-refractivity contribution < 1.29 is 21.8 Å². The van der Waals surface area contributed by atoms with Gasteiger partial charge < -0.3 is 9.73 Å². The van der Waals surface area contributed by atoms with Gasteiger partial charge in [-0.05, 0) is 42.0 Å². The smallest absolute Gasteiger partial charge is 0.227 e. The number of aromatic nitrogens is 2. The summed E-state index contributed by atoms with van der Waals surface area (Å²) in [5.74, 6) is -2.01. The molecule has 4 rings (SSSR count). The molecule has 2 heterocycles. The summed E-state index contributed by atoms with van der Waals surface area (Å²) in [6, 6.07) is 7.83. The third-order valence-corrected chi connectivity index (χ3v) is 5.10. The van der Waals surface area contributed by atoms with Crippen molar-refractivity contribution in [2.75, 3.05) is 11.6 Å². The maximum atomic E-state index is 14.4. The molecule has 0 aliphatic carbocycles. The molecule has 0 amide bonds. The molecule has 0 aliphatic rings. The minimum Gasteiger partial charge on any atom is -0.464 e. The lowest BCUT2D eigenvalue weighted by Gasteiger charge is -2.10. The van der Waals surface area contributed by atoms with Crippen molar-refractivity contribution in [1.29, 1.82) is 4.78 Å². The van der Waals surface area contributed by atoms with E-state index in [-0.39, 0.29) is 39.6 Å². The summed E-state index contributed by atoms with van der Waals surface area (Å²) >= 11 is 0. The molecule has 1 unspecified atom stereocenters. The first kappa shape index (κ1) is 19.9. The standard InChI is InChI=1S/C20H15F3N4O2S/c1-30(24,28)10-11-6-12(21)8-13(7-11)26-20-25-9-17(23)18(27-20)15-2-3-16(22)14-4-5-29-19(14)15/h2-9,24H,10H2,1H3,(H,25,26,27). The minimum absolute atomic E-state index is 0.0323. The Labute approximate surface area is 169 Å². The second kappa shape index (κ2) is 7.45. The van der Waals surface area contributed by atoms with Crippen LogP contribution in [-0.2, 0) is 15.5 Å². The van der Waals surface area contributed by atoms with Crippen LogP contribution in [-0.4, -0.2) is 20.4 Å². The van der Waals surface area contributed by atoms with E-state index in [2.05, 4.69) is 15.3 Å². The molecule has 10 heteroatoms. The molecule has 30 heavy (non-hydrogen) atoms. The lowest BCUT2D eigenvalue weighted by atomic mass is 10.1. The van der Waals surface area contributed by atoms with Gasteiger partial charge in [0.15, 0.2) is 5.82 Å². The molecule has 0 saturated carbocycles. The van der Waals surface area contributed by atoms with Crippen molar-refractivity contribution in [2.24, 2.45) is 0 Å². The van der Waals surface area contributed by atoms with Crippen LogP contribution in [0, 0.1) is 22.2 Å².